The van der Waals surface area contributed by atoms with Crippen LogP contribution in [-0.2, 0) is 4.74 Å². The predicted octanol–water partition coefficient (Wildman–Crippen LogP) is 0.630. The van der Waals surface area contributed by atoms with E-state index in [1.54, 1.807) is 6.92 Å². The largest absolute Gasteiger partial charge is 0.394 e. The number of hydrogen-bond acceptors (Lipinski definition) is 5. The summed E-state index contributed by atoms with van der Waals surface area (Å²) in [6.45, 7) is 1.22. The van der Waals surface area contributed by atoms with Gasteiger partial charge in [-0.15, -0.1) is 0 Å². The van der Waals surface area contributed by atoms with Gasteiger partial charge in [0, 0.05) is 17.7 Å². The van der Waals surface area contributed by atoms with Crippen LogP contribution in [0.5, 0.6) is 0 Å². The quantitative estimate of drug-likeness (QED) is 0.851. The van der Waals surface area contributed by atoms with Gasteiger partial charge in [0.2, 0.25) is 0 Å². The molecule has 20 heavy (non-hydrogen) atoms. The van der Waals surface area contributed by atoms with Crippen LogP contribution in [0.15, 0.2) is 17.3 Å². The summed E-state index contributed by atoms with van der Waals surface area (Å²) < 4.78 is 32.6. The second-order valence-corrected chi connectivity index (χ2v) is 4.62. The van der Waals surface area contributed by atoms with Crippen LogP contribution in [0.4, 0.5) is 14.6 Å². The molecule has 0 aromatic carbocycles. The molecule has 1 fully saturated rings. The molecule has 2 rings (SSSR count). The lowest BCUT2D eigenvalue weighted by atomic mass is 10.0. The minimum Gasteiger partial charge on any atom is -0.394 e. The molecule has 1 aromatic rings. The van der Waals surface area contributed by atoms with E-state index in [0.717, 1.165) is 10.6 Å². The van der Waals surface area contributed by atoms with Crippen LogP contribution in [0, 0.1) is 5.92 Å². The number of aliphatic hydroxyl groups is 1. The Morgan fingerprint density at radius 1 is 1.65 bits per heavy atom. The Bertz CT molecular complexity index is 576. The van der Waals surface area contributed by atoms with Crippen LogP contribution < -0.4 is 11.4 Å². The number of nitrogens with zero attached hydrogens (tertiary/aromatic N) is 2. The third-order valence-electron chi connectivity index (χ3n) is 3.38. The first-order valence-electron chi connectivity index (χ1n) is 6.05. The molecule has 2 heterocycles. The first-order chi connectivity index (χ1) is 9.49. The number of nitrogens with two attached hydrogens (primary N) is 1. The fourth-order valence-corrected chi connectivity index (χ4v) is 2.15. The molecule has 6 nitrogen and oxygen atoms in total. The Balaban J connectivity index is 2.43. The molecule has 4 atom stereocenters. The van der Waals surface area contributed by atoms with Gasteiger partial charge in [-0.05, 0) is 6.08 Å². The minimum atomic E-state index is -1.49. The lowest BCUT2D eigenvalue weighted by molar-refractivity contribution is -0.0418. The Morgan fingerprint density at radius 2 is 2.35 bits per heavy atom. The van der Waals surface area contributed by atoms with Gasteiger partial charge >= 0.3 is 5.69 Å². The molecular weight excluding hydrogens is 272 g/mol. The molecule has 1 aliphatic rings. The zero-order valence-electron chi connectivity index (χ0n) is 10.7. The fraction of sp³-hybridized carbons (Fsp3) is 0.500. The van der Waals surface area contributed by atoms with E-state index < -0.39 is 30.1 Å². The summed E-state index contributed by atoms with van der Waals surface area (Å²) in [4.78, 5) is 15.3. The highest BCUT2D eigenvalue weighted by Crippen LogP contribution is 2.35. The van der Waals surface area contributed by atoms with E-state index >= 15 is 0 Å². The number of alkyl halides is 1. The van der Waals surface area contributed by atoms with Gasteiger partial charge in [-0.3, -0.25) is 4.57 Å². The van der Waals surface area contributed by atoms with Crippen molar-refractivity contribution in [2.24, 2.45) is 5.92 Å². The van der Waals surface area contributed by atoms with Crippen molar-refractivity contribution in [3.8, 4) is 0 Å². The average molecular weight is 287 g/mol. The number of ether oxygens (including phenoxy) is 1. The molecule has 3 N–H and O–H groups in total. The molecule has 0 saturated carbocycles. The van der Waals surface area contributed by atoms with Gasteiger partial charge in [-0.1, -0.05) is 6.92 Å². The van der Waals surface area contributed by atoms with E-state index in [1.165, 1.54) is 6.20 Å². The lowest BCUT2D eigenvalue weighted by Crippen LogP contribution is -2.32. The lowest BCUT2D eigenvalue weighted by Gasteiger charge is -2.17. The third kappa shape index (κ3) is 2.44. The summed E-state index contributed by atoms with van der Waals surface area (Å²) in [6, 6.07) is 0. The SMILES string of the molecule is CC1C(CO)OC(n2cc(/C=C/F)c(N)nc2=O)C1F. The highest BCUT2D eigenvalue weighted by Gasteiger charge is 2.43. The molecule has 8 heteroatoms. The predicted molar refractivity (Wildman–Crippen MR) is 68.1 cm³/mol. The average Bonchev–Trinajstić information content (AvgIpc) is 2.70. The van der Waals surface area contributed by atoms with Crippen LogP contribution in [0.3, 0.4) is 0 Å². The van der Waals surface area contributed by atoms with E-state index in [4.69, 9.17) is 15.6 Å². The van der Waals surface area contributed by atoms with Gasteiger partial charge in [0.15, 0.2) is 12.4 Å². The first kappa shape index (κ1) is 14.6. The van der Waals surface area contributed by atoms with Crippen molar-refractivity contribution >= 4 is 11.9 Å². The molecule has 0 amide bonds. The summed E-state index contributed by atoms with van der Waals surface area (Å²) in [5, 5.41) is 9.10. The smallest absolute Gasteiger partial charge is 0.351 e. The van der Waals surface area contributed by atoms with Gasteiger partial charge in [-0.25, -0.2) is 13.6 Å². The zero-order valence-corrected chi connectivity index (χ0v) is 10.7. The van der Waals surface area contributed by atoms with Crippen molar-refractivity contribution in [3.63, 3.8) is 0 Å². The van der Waals surface area contributed by atoms with Crippen LogP contribution >= 0.6 is 0 Å². The number of rotatable bonds is 3. The second kappa shape index (κ2) is 5.68. The maximum absolute atomic E-state index is 14.2. The standard InChI is InChI=1S/C12H15F2N3O3/c1-6-8(5-18)20-11(9(6)14)17-4-7(2-3-13)10(15)16-12(17)19/h2-4,6,8-9,11,18H,5H2,1H3,(H2,15,16,19)/b3-2+. The van der Waals surface area contributed by atoms with Crippen molar-refractivity contribution in [1.82, 2.24) is 9.55 Å². The van der Waals surface area contributed by atoms with Gasteiger partial charge in [0.1, 0.15) is 5.82 Å². The zero-order chi connectivity index (χ0) is 14.9. The van der Waals surface area contributed by atoms with E-state index in [0.29, 0.717) is 0 Å². The molecule has 0 aliphatic carbocycles. The normalized spacial score (nSPS) is 30.2. The summed E-state index contributed by atoms with van der Waals surface area (Å²) in [5.74, 6) is -0.727. The summed E-state index contributed by atoms with van der Waals surface area (Å²) in [5.41, 5.74) is 4.82. The Kier molecular flexibility index (Phi) is 4.15. The van der Waals surface area contributed by atoms with Gasteiger partial charge in [0.25, 0.3) is 0 Å². The molecule has 1 aromatic heterocycles. The molecule has 0 bridgehead atoms. The van der Waals surface area contributed by atoms with Crippen molar-refractivity contribution in [1.29, 1.82) is 0 Å². The fourth-order valence-electron chi connectivity index (χ4n) is 2.15. The number of anilines is 1. The van der Waals surface area contributed by atoms with Crippen molar-refractivity contribution in [3.05, 3.63) is 28.6 Å². The molecule has 4 unspecified atom stereocenters. The maximum atomic E-state index is 14.2. The Labute approximate surface area is 113 Å². The van der Waals surface area contributed by atoms with E-state index in [9.17, 15) is 13.6 Å². The summed E-state index contributed by atoms with van der Waals surface area (Å²) in [7, 11) is 0. The number of aromatic nitrogens is 2. The minimum absolute atomic E-state index is 0.142. The van der Waals surface area contributed by atoms with E-state index in [2.05, 4.69) is 4.98 Å². The molecular formula is C12H15F2N3O3. The summed E-state index contributed by atoms with van der Waals surface area (Å²) in [6.07, 6.45) is -0.978. The van der Waals surface area contributed by atoms with Crippen LogP contribution in [0.1, 0.15) is 18.7 Å². The van der Waals surface area contributed by atoms with Gasteiger partial charge in [0.05, 0.1) is 19.0 Å². The second-order valence-electron chi connectivity index (χ2n) is 4.62. The number of nitrogen functional groups attached to an aromatic ring is 1. The first-order valence-corrected chi connectivity index (χ1v) is 6.05. The van der Waals surface area contributed by atoms with Crippen LogP contribution in [0.25, 0.3) is 6.08 Å². The number of aliphatic hydroxyl groups excluding tert-OH is 1. The van der Waals surface area contributed by atoms with E-state index in [1.807, 2.05) is 0 Å². The third-order valence-corrected chi connectivity index (χ3v) is 3.38. The highest BCUT2D eigenvalue weighted by atomic mass is 19.1. The topological polar surface area (TPSA) is 90.4 Å². The Morgan fingerprint density at radius 3 is 2.90 bits per heavy atom. The molecule has 110 valence electrons. The van der Waals surface area contributed by atoms with E-state index in [-0.39, 0.29) is 24.3 Å². The van der Waals surface area contributed by atoms with Gasteiger partial charge in [-0.2, -0.15) is 4.98 Å². The number of halogens is 2. The van der Waals surface area contributed by atoms with Crippen molar-refractivity contribution in [2.45, 2.75) is 25.4 Å². The monoisotopic (exact) mass is 287 g/mol. The van der Waals surface area contributed by atoms with Crippen LogP contribution in [-0.4, -0.2) is 33.5 Å². The number of hydrogen-bond donors (Lipinski definition) is 2. The molecule has 0 radical (unpaired) electrons. The van der Waals surface area contributed by atoms with Gasteiger partial charge < -0.3 is 15.6 Å². The molecule has 1 aliphatic heterocycles. The molecule has 0 spiro atoms. The Hall–Kier alpha value is -1.80. The highest BCUT2D eigenvalue weighted by molar-refractivity contribution is 5.58. The van der Waals surface area contributed by atoms with Crippen LogP contribution in [0.2, 0.25) is 0 Å². The van der Waals surface area contributed by atoms with Crippen molar-refractivity contribution in [2.75, 3.05) is 12.3 Å². The molecule has 1 saturated heterocycles. The maximum Gasteiger partial charge on any atom is 0.351 e. The van der Waals surface area contributed by atoms with Crippen molar-refractivity contribution < 1.29 is 18.6 Å². The summed E-state index contributed by atoms with van der Waals surface area (Å²) >= 11 is 0.